The first-order valence-corrected chi connectivity index (χ1v) is 13.4. The molecule has 1 saturated heterocycles. The summed E-state index contributed by atoms with van der Waals surface area (Å²) >= 11 is 5.60. The number of para-hydroxylation sites is 1. The van der Waals surface area contributed by atoms with E-state index in [1.54, 1.807) is 7.11 Å². The molecular formula is C30H33N5O3S. The molecule has 1 aliphatic rings. The average Bonchev–Trinajstić information content (AvgIpc) is 2.94. The summed E-state index contributed by atoms with van der Waals surface area (Å²) in [6.45, 7) is 7.77. The maximum Gasteiger partial charge on any atom is 0.176 e. The van der Waals surface area contributed by atoms with E-state index in [-0.39, 0.29) is 6.10 Å². The van der Waals surface area contributed by atoms with E-state index in [1.807, 2.05) is 50.2 Å². The average molecular weight is 544 g/mol. The lowest BCUT2D eigenvalue weighted by Gasteiger charge is -2.32. The monoisotopic (exact) mass is 543 g/mol. The third kappa shape index (κ3) is 6.62. The Hall–Kier alpha value is -3.79. The van der Waals surface area contributed by atoms with Crippen molar-refractivity contribution in [2.24, 2.45) is 0 Å². The summed E-state index contributed by atoms with van der Waals surface area (Å²) in [5.74, 6) is 1.78. The smallest absolute Gasteiger partial charge is 0.176 e. The van der Waals surface area contributed by atoms with Gasteiger partial charge in [-0.25, -0.2) is 9.97 Å². The zero-order valence-electron chi connectivity index (χ0n) is 22.4. The van der Waals surface area contributed by atoms with Gasteiger partial charge in [-0.1, -0.05) is 48.5 Å². The van der Waals surface area contributed by atoms with Crippen LogP contribution in [0.15, 0.2) is 67.0 Å². The van der Waals surface area contributed by atoms with E-state index in [1.165, 1.54) is 11.9 Å². The van der Waals surface area contributed by atoms with E-state index in [0.29, 0.717) is 41.2 Å². The van der Waals surface area contributed by atoms with Crippen molar-refractivity contribution in [2.45, 2.75) is 26.5 Å². The molecule has 1 aromatic heterocycles. The molecule has 2 N–H and O–H groups in total. The Balaban J connectivity index is 1.27. The van der Waals surface area contributed by atoms with E-state index in [0.717, 1.165) is 41.8 Å². The topological polar surface area (TPSA) is 80.8 Å². The van der Waals surface area contributed by atoms with Gasteiger partial charge in [-0.2, -0.15) is 0 Å². The van der Waals surface area contributed by atoms with Gasteiger partial charge in [0.25, 0.3) is 0 Å². The van der Waals surface area contributed by atoms with E-state index >= 15 is 0 Å². The van der Waals surface area contributed by atoms with Gasteiger partial charge in [0.05, 0.1) is 19.2 Å². The van der Waals surface area contributed by atoms with Gasteiger partial charge in [0.1, 0.15) is 24.9 Å². The third-order valence-electron chi connectivity index (χ3n) is 6.77. The lowest BCUT2D eigenvalue weighted by atomic mass is 10.1. The number of thiocarbonyl (C=S) groups is 1. The number of hydrogen-bond acceptors (Lipinski definition) is 7. The number of anilines is 2. The van der Waals surface area contributed by atoms with Crippen LogP contribution in [0.25, 0.3) is 10.9 Å². The van der Waals surface area contributed by atoms with Crippen molar-refractivity contribution in [3.05, 3.63) is 83.7 Å². The van der Waals surface area contributed by atoms with Gasteiger partial charge in [-0.3, -0.25) is 4.90 Å². The summed E-state index contributed by atoms with van der Waals surface area (Å²) in [6, 6.07) is 20.3. The second-order valence-electron chi connectivity index (χ2n) is 9.61. The fourth-order valence-corrected chi connectivity index (χ4v) is 4.95. The Morgan fingerprint density at radius 1 is 1.03 bits per heavy atom. The summed E-state index contributed by atoms with van der Waals surface area (Å²) in [6.07, 6.45) is 1.47. The molecule has 202 valence electrons. The van der Waals surface area contributed by atoms with Crippen molar-refractivity contribution in [3.8, 4) is 11.5 Å². The largest absolute Gasteiger partial charge is 0.493 e. The summed E-state index contributed by atoms with van der Waals surface area (Å²) in [7, 11) is 1.62. The molecule has 2 heterocycles. The quantitative estimate of drug-likeness (QED) is 0.286. The Bertz CT molecular complexity index is 1430. The maximum atomic E-state index is 6.20. The molecule has 0 saturated carbocycles. The number of morpholine rings is 1. The van der Waals surface area contributed by atoms with E-state index in [4.69, 9.17) is 26.4 Å². The highest BCUT2D eigenvalue weighted by molar-refractivity contribution is 7.80. The van der Waals surface area contributed by atoms with Gasteiger partial charge in [0, 0.05) is 36.8 Å². The standard InChI is InChI=1S/C30H33N5O3S/c1-20-8-7-9-21(2)28(20)33-30(39)34-29-24-14-26(36-3)27(15-25(24)31-19-32-29)38-18-23-17-35(12-13-37-23)16-22-10-5-4-6-11-22/h4-11,14-15,19,23H,12-13,16-18H2,1-3H3,(H2,31,32,33,34,39). The fourth-order valence-electron chi connectivity index (χ4n) is 4.75. The SMILES string of the molecule is COc1cc2c(NC(=S)Nc3c(C)cccc3C)ncnc2cc1OCC1CN(Cc2ccccc2)CCO1. The minimum atomic E-state index is -0.0427. The second-order valence-corrected chi connectivity index (χ2v) is 10.0. The van der Waals surface area contributed by atoms with Crippen LogP contribution in [0.2, 0.25) is 0 Å². The molecule has 8 nitrogen and oxygen atoms in total. The van der Waals surface area contributed by atoms with Gasteiger partial charge in [-0.05, 0) is 48.8 Å². The molecule has 5 rings (SSSR count). The number of aromatic nitrogens is 2. The summed E-state index contributed by atoms with van der Waals surface area (Å²) in [5.41, 5.74) is 5.21. The lowest BCUT2D eigenvalue weighted by molar-refractivity contribution is -0.0506. The fraction of sp³-hybridized carbons (Fsp3) is 0.300. The van der Waals surface area contributed by atoms with Gasteiger partial charge in [-0.15, -0.1) is 0 Å². The van der Waals surface area contributed by atoms with Crippen molar-refractivity contribution in [1.29, 1.82) is 0 Å². The van der Waals surface area contributed by atoms with Crippen LogP contribution in [0, 0.1) is 13.8 Å². The van der Waals surface area contributed by atoms with Gasteiger partial charge in [0.2, 0.25) is 0 Å². The number of nitrogens with one attached hydrogen (secondary N) is 2. The molecule has 39 heavy (non-hydrogen) atoms. The van der Waals surface area contributed by atoms with Gasteiger partial charge in [0.15, 0.2) is 16.6 Å². The molecule has 0 aliphatic carbocycles. The highest BCUT2D eigenvalue weighted by Crippen LogP contribution is 2.34. The highest BCUT2D eigenvalue weighted by Gasteiger charge is 2.22. The van der Waals surface area contributed by atoms with E-state index < -0.39 is 0 Å². The molecule has 0 spiro atoms. The number of hydrogen-bond donors (Lipinski definition) is 2. The number of methoxy groups -OCH3 is 1. The molecule has 1 fully saturated rings. The molecule has 1 aliphatic heterocycles. The second kappa shape index (κ2) is 12.4. The first-order valence-electron chi connectivity index (χ1n) is 13.0. The predicted molar refractivity (Wildman–Crippen MR) is 159 cm³/mol. The van der Waals surface area contributed by atoms with Crippen molar-refractivity contribution in [2.75, 3.05) is 44.0 Å². The predicted octanol–water partition coefficient (Wildman–Crippen LogP) is 5.34. The van der Waals surface area contributed by atoms with Crippen LogP contribution in [0.3, 0.4) is 0 Å². The molecule has 1 atom stereocenters. The molecular weight excluding hydrogens is 510 g/mol. The normalized spacial score (nSPS) is 15.6. The maximum absolute atomic E-state index is 6.20. The molecule has 3 aromatic carbocycles. The third-order valence-corrected chi connectivity index (χ3v) is 6.97. The van der Waals surface area contributed by atoms with E-state index in [9.17, 15) is 0 Å². The van der Waals surface area contributed by atoms with Crippen LogP contribution < -0.4 is 20.1 Å². The van der Waals surface area contributed by atoms with Crippen LogP contribution in [0.4, 0.5) is 11.5 Å². The Morgan fingerprint density at radius 2 is 1.82 bits per heavy atom. The van der Waals surface area contributed by atoms with Crippen LogP contribution in [0.5, 0.6) is 11.5 Å². The molecule has 4 aromatic rings. The number of aryl methyl sites for hydroxylation is 2. The number of fused-ring (bicyclic) bond motifs is 1. The van der Waals surface area contributed by atoms with Crippen LogP contribution in [-0.4, -0.2) is 59.5 Å². The molecule has 0 bridgehead atoms. The highest BCUT2D eigenvalue weighted by atomic mass is 32.1. The zero-order valence-corrected chi connectivity index (χ0v) is 23.3. The summed E-state index contributed by atoms with van der Waals surface area (Å²) in [4.78, 5) is 11.3. The summed E-state index contributed by atoms with van der Waals surface area (Å²) < 4.78 is 17.9. The first kappa shape index (κ1) is 26.8. The van der Waals surface area contributed by atoms with Gasteiger partial charge < -0.3 is 24.8 Å². The molecule has 1 unspecified atom stereocenters. The van der Waals surface area contributed by atoms with Crippen LogP contribution in [-0.2, 0) is 11.3 Å². The lowest BCUT2D eigenvalue weighted by Crippen LogP contribution is -2.44. The Labute approximate surface area is 234 Å². The van der Waals surface area contributed by atoms with Crippen molar-refractivity contribution in [1.82, 2.24) is 14.9 Å². The van der Waals surface area contributed by atoms with Crippen LogP contribution >= 0.6 is 12.2 Å². The Morgan fingerprint density at radius 3 is 2.59 bits per heavy atom. The minimum Gasteiger partial charge on any atom is -0.493 e. The molecule has 0 radical (unpaired) electrons. The van der Waals surface area contributed by atoms with Gasteiger partial charge >= 0.3 is 0 Å². The van der Waals surface area contributed by atoms with E-state index in [2.05, 4.69) is 49.8 Å². The van der Waals surface area contributed by atoms with Crippen molar-refractivity contribution in [3.63, 3.8) is 0 Å². The van der Waals surface area contributed by atoms with Crippen LogP contribution in [0.1, 0.15) is 16.7 Å². The Kier molecular flexibility index (Phi) is 8.51. The summed E-state index contributed by atoms with van der Waals surface area (Å²) in [5, 5.41) is 7.73. The number of ether oxygens (including phenoxy) is 3. The van der Waals surface area contributed by atoms with Crippen molar-refractivity contribution < 1.29 is 14.2 Å². The number of nitrogens with zero attached hydrogens (tertiary/aromatic N) is 3. The minimum absolute atomic E-state index is 0.0427. The zero-order chi connectivity index (χ0) is 27.2. The molecule has 0 amide bonds. The molecule has 9 heteroatoms. The number of benzene rings is 3. The first-order chi connectivity index (χ1) is 19.0. The van der Waals surface area contributed by atoms with Crippen molar-refractivity contribution >= 4 is 39.7 Å². The number of rotatable bonds is 8.